The summed E-state index contributed by atoms with van der Waals surface area (Å²) >= 11 is 7.32. The van der Waals surface area contributed by atoms with Crippen molar-refractivity contribution in [3.05, 3.63) is 77.3 Å². The fourth-order valence-corrected chi connectivity index (χ4v) is 4.26. The summed E-state index contributed by atoms with van der Waals surface area (Å²) in [6.45, 7) is 1.75. The van der Waals surface area contributed by atoms with Gasteiger partial charge in [0.15, 0.2) is 22.5 Å². The van der Waals surface area contributed by atoms with Crippen LogP contribution in [0.2, 0.25) is 5.02 Å². The number of rotatable bonds is 9. The van der Waals surface area contributed by atoms with E-state index in [1.54, 1.807) is 38.3 Å². The SMILES string of the molecule is COc1ccc(-c2nnc(SCC(=O)N/N=C(\C)c3ccc(O)c(OC)c3)n2-c2ccc(Cl)cc2)cc1. The molecule has 1 heterocycles. The number of aromatic nitrogens is 3. The molecule has 37 heavy (non-hydrogen) atoms. The van der Waals surface area contributed by atoms with Gasteiger partial charge in [0.05, 0.1) is 25.7 Å². The lowest BCUT2D eigenvalue weighted by molar-refractivity contribution is -0.118. The highest BCUT2D eigenvalue weighted by atomic mass is 35.5. The van der Waals surface area contributed by atoms with E-state index in [9.17, 15) is 9.90 Å². The molecule has 3 aromatic carbocycles. The van der Waals surface area contributed by atoms with Crippen LogP contribution in [0.5, 0.6) is 17.2 Å². The molecule has 0 fully saturated rings. The highest BCUT2D eigenvalue weighted by Gasteiger charge is 2.17. The standard InChI is InChI=1S/C26H24ClN5O4S/c1-16(18-6-13-22(33)23(14-18)36-3)28-29-24(34)15-37-26-31-30-25(17-4-11-21(35-2)12-5-17)32(26)20-9-7-19(27)8-10-20/h4-14,33H,15H2,1-3H3,(H,29,34)/b28-16+. The molecule has 0 aliphatic carbocycles. The maximum atomic E-state index is 12.6. The van der Waals surface area contributed by atoms with Gasteiger partial charge in [-0.3, -0.25) is 9.36 Å². The van der Waals surface area contributed by atoms with Crippen LogP contribution in [-0.4, -0.2) is 51.5 Å². The van der Waals surface area contributed by atoms with Crippen LogP contribution in [0.15, 0.2) is 77.0 Å². The number of ether oxygens (including phenoxy) is 2. The smallest absolute Gasteiger partial charge is 0.250 e. The van der Waals surface area contributed by atoms with Gasteiger partial charge in [-0.1, -0.05) is 23.4 Å². The molecule has 0 atom stereocenters. The fraction of sp³-hybridized carbons (Fsp3) is 0.154. The molecule has 0 unspecified atom stereocenters. The number of carbonyl (C=O) groups excluding carboxylic acids is 1. The number of hydrogen-bond acceptors (Lipinski definition) is 8. The first-order valence-electron chi connectivity index (χ1n) is 11.1. The Morgan fingerprint density at radius 2 is 1.78 bits per heavy atom. The van der Waals surface area contributed by atoms with Crippen molar-refractivity contribution < 1.29 is 19.4 Å². The van der Waals surface area contributed by atoms with Crippen LogP contribution in [0, 0.1) is 0 Å². The van der Waals surface area contributed by atoms with E-state index < -0.39 is 0 Å². The van der Waals surface area contributed by atoms with Crippen molar-refractivity contribution in [1.29, 1.82) is 0 Å². The van der Waals surface area contributed by atoms with Crippen molar-refractivity contribution in [3.8, 4) is 34.3 Å². The maximum absolute atomic E-state index is 12.6. The summed E-state index contributed by atoms with van der Waals surface area (Å²) in [6, 6.07) is 19.6. The van der Waals surface area contributed by atoms with Gasteiger partial charge in [-0.05, 0) is 73.7 Å². The number of halogens is 1. The van der Waals surface area contributed by atoms with Gasteiger partial charge in [0, 0.05) is 21.8 Å². The van der Waals surface area contributed by atoms with E-state index in [1.165, 1.54) is 24.9 Å². The minimum absolute atomic E-state index is 0.0262. The highest BCUT2D eigenvalue weighted by molar-refractivity contribution is 7.99. The Kier molecular flexibility index (Phi) is 8.32. The molecule has 9 nitrogen and oxygen atoms in total. The largest absolute Gasteiger partial charge is 0.504 e. The Morgan fingerprint density at radius 1 is 1.05 bits per heavy atom. The zero-order valence-electron chi connectivity index (χ0n) is 20.3. The van der Waals surface area contributed by atoms with Gasteiger partial charge in [-0.2, -0.15) is 5.10 Å². The lowest BCUT2D eigenvalue weighted by Gasteiger charge is -2.11. The molecule has 4 aromatic rings. The Hall–Kier alpha value is -4.02. The second-order valence-electron chi connectivity index (χ2n) is 7.75. The van der Waals surface area contributed by atoms with Crippen molar-refractivity contribution in [3.63, 3.8) is 0 Å². The Balaban J connectivity index is 1.52. The molecule has 190 valence electrons. The van der Waals surface area contributed by atoms with Gasteiger partial charge >= 0.3 is 0 Å². The minimum atomic E-state index is -0.313. The molecule has 0 radical (unpaired) electrons. The molecule has 2 N–H and O–H groups in total. The van der Waals surface area contributed by atoms with E-state index >= 15 is 0 Å². The van der Waals surface area contributed by atoms with Crippen LogP contribution >= 0.6 is 23.4 Å². The topological polar surface area (TPSA) is 111 Å². The summed E-state index contributed by atoms with van der Waals surface area (Å²) in [4.78, 5) is 12.6. The first kappa shape index (κ1) is 26.1. The average Bonchev–Trinajstić information content (AvgIpc) is 3.35. The number of thioether (sulfide) groups is 1. The van der Waals surface area contributed by atoms with E-state index in [2.05, 4.69) is 20.7 Å². The summed E-state index contributed by atoms with van der Waals surface area (Å²) < 4.78 is 12.2. The molecule has 0 spiro atoms. The molecular weight excluding hydrogens is 514 g/mol. The van der Waals surface area contributed by atoms with Crippen LogP contribution in [0.25, 0.3) is 17.1 Å². The molecule has 0 aliphatic rings. The lowest BCUT2D eigenvalue weighted by atomic mass is 10.1. The zero-order valence-corrected chi connectivity index (χ0v) is 21.9. The third kappa shape index (κ3) is 6.22. The summed E-state index contributed by atoms with van der Waals surface area (Å²) in [5.41, 5.74) is 5.46. The molecule has 4 rings (SSSR count). The molecule has 1 aromatic heterocycles. The number of methoxy groups -OCH3 is 2. The maximum Gasteiger partial charge on any atom is 0.250 e. The summed E-state index contributed by atoms with van der Waals surface area (Å²) in [5, 5.41) is 23.8. The van der Waals surface area contributed by atoms with Crippen molar-refractivity contribution in [1.82, 2.24) is 20.2 Å². The molecule has 1 amide bonds. The number of aromatic hydroxyl groups is 1. The Bertz CT molecular complexity index is 1420. The van der Waals surface area contributed by atoms with Gasteiger partial charge in [-0.15, -0.1) is 10.2 Å². The number of hydrogen-bond donors (Lipinski definition) is 2. The van der Waals surface area contributed by atoms with Crippen LogP contribution in [0.3, 0.4) is 0 Å². The van der Waals surface area contributed by atoms with Gasteiger partial charge in [0.2, 0.25) is 0 Å². The molecule has 0 saturated carbocycles. The number of hydrazone groups is 1. The van der Waals surface area contributed by atoms with Crippen LogP contribution in [0.4, 0.5) is 0 Å². The van der Waals surface area contributed by atoms with Gasteiger partial charge < -0.3 is 14.6 Å². The van der Waals surface area contributed by atoms with E-state index in [-0.39, 0.29) is 17.4 Å². The number of amides is 1. The van der Waals surface area contributed by atoms with Crippen LogP contribution in [-0.2, 0) is 4.79 Å². The number of phenols is 1. The van der Waals surface area contributed by atoms with Gasteiger partial charge in [-0.25, -0.2) is 5.43 Å². The lowest BCUT2D eigenvalue weighted by Crippen LogP contribution is -2.21. The van der Waals surface area contributed by atoms with E-state index in [0.717, 1.165) is 17.0 Å². The summed E-state index contributed by atoms with van der Waals surface area (Å²) in [7, 11) is 3.07. The van der Waals surface area contributed by atoms with Crippen molar-refractivity contribution >= 4 is 35.0 Å². The highest BCUT2D eigenvalue weighted by Crippen LogP contribution is 2.30. The minimum Gasteiger partial charge on any atom is -0.504 e. The van der Waals surface area contributed by atoms with Crippen molar-refractivity contribution in [2.24, 2.45) is 5.10 Å². The first-order chi connectivity index (χ1) is 17.9. The Labute approximate surface area is 223 Å². The predicted octanol–water partition coefficient (Wildman–Crippen LogP) is 4.94. The molecule has 11 heteroatoms. The van der Waals surface area contributed by atoms with Crippen LogP contribution in [0.1, 0.15) is 12.5 Å². The molecule has 0 bridgehead atoms. The summed E-state index contributed by atoms with van der Waals surface area (Å²) in [6.07, 6.45) is 0. The number of nitrogens with one attached hydrogen (secondary N) is 1. The molecule has 0 saturated heterocycles. The first-order valence-corrected chi connectivity index (χ1v) is 12.4. The van der Waals surface area contributed by atoms with E-state index in [1.807, 2.05) is 41.0 Å². The average molecular weight is 538 g/mol. The second-order valence-corrected chi connectivity index (χ2v) is 9.13. The van der Waals surface area contributed by atoms with Crippen LogP contribution < -0.4 is 14.9 Å². The van der Waals surface area contributed by atoms with Gasteiger partial charge in [0.1, 0.15) is 5.75 Å². The van der Waals surface area contributed by atoms with Gasteiger partial charge in [0.25, 0.3) is 5.91 Å². The normalized spacial score (nSPS) is 11.3. The summed E-state index contributed by atoms with van der Waals surface area (Å²) in [5.74, 6) is 1.44. The predicted molar refractivity (Wildman–Crippen MR) is 144 cm³/mol. The third-order valence-corrected chi connectivity index (χ3v) is 6.53. The Morgan fingerprint density at radius 3 is 2.46 bits per heavy atom. The van der Waals surface area contributed by atoms with E-state index in [4.69, 9.17) is 21.1 Å². The third-order valence-electron chi connectivity index (χ3n) is 5.34. The monoisotopic (exact) mass is 537 g/mol. The zero-order chi connectivity index (χ0) is 26.4. The number of nitrogens with zero attached hydrogens (tertiary/aromatic N) is 4. The number of phenolic OH excluding ortho intramolecular Hbond substituents is 1. The van der Waals surface area contributed by atoms with Crippen molar-refractivity contribution in [2.75, 3.05) is 20.0 Å². The number of benzene rings is 3. The van der Waals surface area contributed by atoms with Crippen molar-refractivity contribution in [2.45, 2.75) is 12.1 Å². The molecular formula is C26H24ClN5O4S. The molecule has 0 aliphatic heterocycles. The fourth-order valence-electron chi connectivity index (χ4n) is 3.39. The van der Waals surface area contributed by atoms with E-state index in [0.29, 0.717) is 33.0 Å². The second kappa shape index (κ2) is 11.8. The quantitative estimate of drug-likeness (QED) is 0.177. The number of carbonyl (C=O) groups is 1.